The average molecular weight is 366 g/mol. The molecule has 1 amide bonds. The second-order valence-corrected chi connectivity index (χ2v) is 5.48. The molecule has 0 aromatic heterocycles. The Kier molecular flexibility index (Phi) is 9.15. The van der Waals surface area contributed by atoms with Crippen molar-refractivity contribution in [2.75, 3.05) is 13.2 Å². The number of aliphatic hydroxyl groups is 4. The highest BCUT2D eigenvalue weighted by Gasteiger charge is 2.55. The van der Waals surface area contributed by atoms with E-state index in [9.17, 15) is 30.0 Å². The van der Waals surface area contributed by atoms with Gasteiger partial charge < -0.3 is 46.5 Å². The Morgan fingerprint density at radius 2 is 2.08 bits per heavy atom. The van der Waals surface area contributed by atoms with Gasteiger partial charge in [-0.1, -0.05) is 6.08 Å². The van der Waals surface area contributed by atoms with Gasteiger partial charge in [0.2, 0.25) is 5.91 Å². The molecule has 0 aromatic carbocycles. The Morgan fingerprint density at radius 1 is 1.48 bits per heavy atom. The van der Waals surface area contributed by atoms with Gasteiger partial charge >= 0.3 is 5.97 Å². The van der Waals surface area contributed by atoms with Gasteiger partial charge in [0.15, 0.2) is 0 Å². The number of carboxylic acid groups (broad SMARTS) is 1. The normalized spacial score (nSPS) is 31.3. The van der Waals surface area contributed by atoms with E-state index in [4.69, 9.17) is 14.6 Å². The van der Waals surface area contributed by atoms with Crippen molar-refractivity contribution in [1.82, 2.24) is 11.5 Å². The van der Waals surface area contributed by atoms with Gasteiger partial charge in [-0.25, -0.2) is 4.79 Å². The largest absolute Gasteiger partial charge is 0.477 e. The number of nitrogens with one attached hydrogen (secondary N) is 1. The van der Waals surface area contributed by atoms with Crippen LogP contribution in [0.1, 0.15) is 13.3 Å². The topological polar surface area (TPSA) is 201 Å². The van der Waals surface area contributed by atoms with Gasteiger partial charge in [0.1, 0.15) is 18.3 Å². The maximum atomic E-state index is 11.6. The Balaban J connectivity index is 0.00000576. The molecule has 6 atom stereocenters. The third-order valence-corrected chi connectivity index (χ3v) is 3.62. The van der Waals surface area contributed by atoms with E-state index in [1.165, 1.54) is 6.08 Å². The number of hydrogen-bond donors (Lipinski definition) is 7. The molecule has 0 unspecified atom stereocenters. The molecule has 1 heterocycles. The standard InChI is InChI=1S/C14H23NO9.H3N/c1-3-4-23-14(13(21)22)5-8(18)10(15-7(2)17)12(24-14)11(20)9(19)6-16;/h3,8-12,16,18-20H,1,4-6H2,2H3,(H,15,17)(H,21,22);1H3/t8-,9+,10+,11+,12+,14+;/m0./s1. The monoisotopic (exact) mass is 366 g/mol. The molecule has 146 valence electrons. The second kappa shape index (κ2) is 9.77. The fourth-order valence-electron chi connectivity index (χ4n) is 2.47. The number of ether oxygens (including phenoxy) is 2. The number of carbonyl (C=O) groups excluding carboxylic acids is 1. The highest BCUT2D eigenvalue weighted by atomic mass is 16.7. The van der Waals surface area contributed by atoms with Crippen molar-refractivity contribution >= 4 is 11.9 Å². The van der Waals surface area contributed by atoms with Crippen molar-refractivity contribution < 1.29 is 44.6 Å². The molecular weight excluding hydrogens is 340 g/mol. The fourth-order valence-corrected chi connectivity index (χ4v) is 2.47. The lowest BCUT2D eigenvalue weighted by Crippen LogP contribution is -2.67. The van der Waals surface area contributed by atoms with Gasteiger partial charge in [-0.05, 0) is 0 Å². The SMILES string of the molecule is C=CCO[C@]1(C(=O)O)C[C@H](O)[C@@H](NC(C)=O)[C@H]([C@H](O)[C@H](O)CO)O1.N. The number of hydrogen-bond acceptors (Lipinski definition) is 9. The maximum Gasteiger partial charge on any atom is 0.364 e. The lowest BCUT2D eigenvalue weighted by Gasteiger charge is -2.46. The van der Waals surface area contributed by atoms with E-state index in [-0.39, 0.29) is 12.8 Å². The summed E-state index contributed by atoms with van der Waals surface area (Å²) >= 11 is 0. The molecule has 0 radical (unpaired) electrons. The van der Waals surface area contributed by atoms with Gasteiger partial charge in [0, 0.05) is 13.3 Å². The van der Waals surface area contributed by atoms with Crippen LogP contribution in [-0.4, -0.2) is 86.9 Å². The summed E-state index contributed by atoms with van der Waals surface area (Å²) in [5.74, 6) is -4.42. The molecule has 0 spiro atoms. The van der Waals surface area contributed by atoms with Crippen molar-refractivity contribution in [3.05, 3.63) is 12.7 Å². The van der Waals surface area contributed by atoms with Crippen molar-refractivity contribution in [3.63, 3.8) is 0 Å². The molecule has 11 heteroatoms. The van der Waals surface area contributed by atoms with Crippen LogP contribution in [0.2, 0.25) is 0 Å². The summed E-state index contributed by atoms with van der Waals surface area (Å²) in [5.41, 5.74) is 0. The smallest absolute Gasteiger partial charge is 0.364 e. The first-order valence-corrected chi connectivity index (χ1v) is 7.26. The van der Waals surface area contributed by atoms with Crippen LogP contribution in [0.25, 0.3) is 0 Å². The number of aliphatic carboxylic acids is 1. The van der Waals surface area contributed by atoms with Crippen LogP contribution in [0.3, 0.4) is 0 Å². The van der Waals surface area contributed by atoms with E-state index >= 15 is 0 Å². The second-order valence-electron chi connectivity index (χ2n) is 5.48. The van der Waals surface area contributed by atoms with Crippen LogP contribution >= 0.6 is 0 Å². The minimum Gasteiger partial charge on any atom is -0.477 e. The summed E-state index contributed by atoms with van der Waals surface area (Å²) in [6, 6.07) is -1.21. The first-order chi connectivity index (χ1) is 11.2. The van der Waals surface area contributed by atoms with Crippen molar-refractivity contribution in [2.24, 2.45) is 0 Å². The van der Waals surface area contributed by atoms with Crippen LogP contribution in [-0.2, 0) is 19.1 Å². The summed E-state index contributed by atoms with van der Waals surface area (Å²) < 4.78 is 10.5. The molecule has 0 bridgehead atoms. The lowest BCUT2D eigenvalue weighted by molar-refractivity contribution is -0.308. The van der Waals surface area contributed by atoms with Crippen molar-refractivity contribution in [2.45, 2.75) is 49.6 Å². The van der Waals surface area contributed by atoms with E-state index in [0.29, 0.717) is 0 Å². The van der Waals surface area contributed by atoms with Crippen LogP contribution in [0, 0.1) is 0 Å². The Labute approximate surface area is 144 Å². The highest BCUT2D eigenvalue weighted by Crippen LogP contribution is 2.33. The van der Waals surface area contributed by atoms with Gasteiger partial charge in [0.25, 0.3) is 5.79 Å². The van der Waals surface area contributed by atoms with Crippen molar-refractivity contribution in [3.8, 4) is 0 Å². The lowest BCUT2D eigenvalue weighted by atomic mass is 9.88. The summed E-state index contributed by atoms with van der Waals surface area (Å²) in [5, 5.41) is 50.7. The Morgan fingerprint density at radius 3 is 2.52 bits per heavy atom. The van der Waals surface area contributed by atoms with Crippen LogP contribution < -0.4 is 11.5 Å². The molecule has 1 rings (SSSR count). The van der Waals surface area contributed by atoms with E-state index in [1.54, 1.807) is 0 Å². The highest BCUT2D eigenvalue weighted by molar-refractivity contribution is 5.76. The summed E-state index contributed by atoms with van der Waals surface area (Å²) in [6.07, 6.45) is -5.71. The molecule has 11 nitrogen and oxygen atoms in total. The van der Waals surface area contributed by atoms with Gasteiger partial charge in [-0.15, -0.1) is 6.58 Å². The number of carboxylic acids is 1. The molecule has 1 aliphatic heterocycles. The number of rotatable bonds is 8. The van der Waals surface area contributed by atoms with Gasteiger partial charge in [-0.3, -0.25) is 4.79 Å². The maximum absolute atomic E-state index is 11.6. The van der Waals surface area contributed by atoms with Crippen molar-refractivity contribution in [1.29, 1.82) is 0 Å². The first-order valence-electron chi connectivity index (χ1n) is 7.26. The van der Waals surface area contributed by atoms with Crippen LogP contribution in [0.4, 0.5) is 0 Å². The minimum absolute atomic E-state index is 0. The van der Waals surface area contributed by atoms with E-state index in [1.807, 2.05) is 0 Å². The Bertz CT molecular complexity index is 475. The molecule has 9 N–H and O–H groups in total. The quantitative estimate of drug-likeness (QED) is 0.225. The summed E-state index contributed by atoms with van der Waals surface area (Å²) in [4.78, 5) is 22.9. The number of amides is 1. The number of carbonyl (C=O) groups is 2. The van der Waals surface area contributed by atoms with Gasteiger partial charge in [-0.2, -0.15) is 0 Å². The zero-order valence-corrected chi connectivity index (χ0v) is 13.9. The molecule has 1 fully saturated rings. The van der Waals surface area contributed by atoms with Gasteiger partial charge in [0.05, 0.1) is 25.4 Å². The van der Waals surface area contributed by atoms with Crippen LogP contribution in [0.15, 0.2) is 12.7 Å². The number of aliphatic hydroxyl groups excluding tert-OH is 4. The van der Waals surface area contributed by atoms with E-state index in [2.05, 4.69) is 11.9 Å². The first kappa shape index (κ1) is 23.4. The molecule has 1 saturated heterocycles. The molecule has 0 aliphatic carbocycles. The third-order valence-electron chi connectivity index (χ3n) is 3.62. The zero-order chi connectivity index (χ0) is 18.5. The average Bonchev–Trinajstić information content (AvgIpc) is 2.53. The summed E-state index contributed by atoms with van der Waals surface area (Å²) in [6.45, 7) is 3.50. The predicted molar refractivity (Wildman–Crippen MR) is 83.7 cm³/mol. The van der Waals surface area contributed by atoms with E-state index in [0.717, 1.165) is 6.92 Å². The van der Waals surface area contributed by atoms with E-state index < -0.39 is 61.1 Å². The predicted octanol–water partition coefficient (Wildman–Crippen LogP) is -2.50. The summed E-state index contributed by atoms with van der Waals surface area (Å²) in [7, 11) is 0. The third kappa shape index (κ3) is 5.44. The molecular formula is C14H26N2O9. The molecule has 1 aliphatic rings. The molecule has 0 aromatic rings. The minimum atomic E-state index is -2.30. The Hall–Kier alpha value is -1.60. The fraction of sp³-hybridized carbons (Fsp3) is 0.714. The van der Waals surface area contributed by atoms with Crippen LogP contribution in [0.5, 0.6) is 0 Å². The molecule has 25 heavy (non-hydrogen) atoms. The molecule has 0 saturated carbocycles. The zero-order valence-electron chi connectivity index (χ0n) is 13.9.